The van der Waals surface area contributed by atoms with E-state index in [1.807, 2.05) is 0 Å². The van der Waals surface area contributed by atoms with E-state index in [9.17, 15) is 9.59 Å². The molecular weight excluding hydrogens is 186 g/mol. The van der Waals surface area contributed by atoms with Crippen molar-refractivity contribution in [1.29, 1.82) is 0 Å². The lowest BCUT2D eigenvalue weighted by molar-refractivity contribution is -0.133. The van der Waals surface area contributed by atoms with Gasteiger partial charge in [0.05, 0.1) is 11.3 Å². The Balaban J connectivity index is 3.20. The molecule has 0 saturated carbocycles. The lowest BCUT2D eigenvalue weighted by Gasteiger charge is -2.02. The zero-order chi connectivity index (χ0) is 10.7. The standard InChI is InChI=1S/C9H9NO4/c1-10-4-2-3-7(10)6(9(13)14)5-8(11)12/h2-5H,1H3,(H,11,12)(H,13,14)/b6-5-. The largest absolute Gasteiger partial charge is 0.478 e. The van der Waals surface area contributed by atoms with Crippen molar-refractivity contribution in [2.45, 2.75) is 0 Å². The topological polar surface area (TPSA) is 79.5 Å². The number of rotatable bonds is 3. The van der Waals surface area contributed by atoms with Gasteiger partial charge in [0.25, 0.3) is 0 Å². The van der Waals surface area contributed by atoms with Crippen molar-refractivity contribution in [2.75, 3.05) is 0 Å². The fourth-order valence-corrected chi connectivity index (χ4v) is 1.11. The second-order valence-electron chi connectivity index (χ2n) is 2.71. The molecule has 1 heterocycles. The minimum Gasteiger partial charge on any atom is -0.478 e. The van der Waals surface area contributed by atoms with Crippen LogP contribution >= 0.6 is 0 Å². The van der Waals surface area contributed by atoms with E-state index >= 15 is 0 Å². The third-order valence-corrected chi connectivity index (χ3v) is 1.72. The average Bonchev–Trinajstić information content (AvgIpc) is 2.46. The zero-order valence-corrected chi connectivity index (χ0v) is 7.47. The number of nitrogens with zero attached hydrogens (tertiary/aromatic N) is 1. The van der Waals surface area contributed by atoms with Crippen LogP contribution in [0.5, 0.6) is 0 Å². The molecule has 0 aliphatic carbocycles. The maximum absolute atomic E-state index is 10.7. The zero-order valence-electron chi connectivity index (χ0n) is 7.47. The number of aryl methyl sites for hydroxylation is 1. The van der Waals surface area contributed by atoms with Crippen molar-refractivity contribution in [3.63, 3.8) is 0 Å². The van der Waals surface area contributed by atoms with E-state index in [-0.39, 0.29) is 5.57 Å². The number of hydrogen-bond acceptors (Lipinski definition) is 2. The summed E-state index contributed by atoms with van der Waals surface area (Å²) in [6, 6.07) is 3.19. The molecule has 0 atom stereocenters. The molecule has 0 aliphatic rings. The third kappa shape index (κ3) is 2.01. The van der Waals surface area contributed by atoms with Gasteiger partial charge in [-0.3, -0.25) is 0 Å². The summed E-state index contributed by atoms with van der Waals surface area (Å²) in [5, 5.41) is 17.2. The summed E-state index contributed by atoms with van der Waals surface area (Å²) < 4.78 is 1.54. The number of hydrogen-bond donors (Lipinski definition) is 2. The first kappa shape index (κ1) is 10.0. The number of aliphatic carboxylic acids is 2. The minimum atomic E-state index is -1.27. The van der Waals surface area contributed by atoms with E-state index < -0.39 is 11.9 Å². The van der Waals surface area contributed by atoms with E-state index in [0.29, 0.717) is 11.8 Å². The molecule has 1 aromatic heterocycles. The van der Waals surface area contributed by atoms with Gasteiger partial charge < -0.3 is 14.8 Å². The highest BCUT2D eigenvalue weighted by atomic mass is 16.4. The summed E-state index contributed by atoms with van der Waals surface area (Å²) in [4.78, 5) is 21.1. The summed E-state index contributed by atoms with van der Waals surface area (Å²) in [6.07, 6.45) is 2.33. The van der Waals surface area contributed by atoms with Gasteiger partial charge >= 0.3 is 11.9 Å². The highest BCUT2D eigenvalue weighted by molar-refractivity contribution is 6.18. The SMILES string of the molecule is Cn1cccc1/C(=C/C(=O)O)C(=O)O. The van der Waals surface area contributed by atoms with Crippen molar-refractivity contribution < 1.29 is 19.8 Å². The van der Waals surface area contributed by atoms with E-state index in [1.54, 1.807) is 29.9 Å². The van der Waals surface area contributed by atoms with Crippen LogP contribution in [0.4, 0.5) is 0 Å². The number of aromatic nitrogens is 1. The average molecular weight is 195 g/mol. The second kappa shape index (κ2) is 3.78. The third-order valence-electron chi connectivity index (χ3n) is 1.72. The monoisotopic (exact) mass is 195 g/mol. The molecule has 14 heavy (non-hydrogen) atoms. The fourth-order valence-electron chi connectivity index (χ4n) is 1.11. The molecule has 74 valence electrons. The summed E-state index contributed by atoms with van der Waals surface area (Å²) in [5.41, 5.74) is 0.130. The first-order valence-electron chi connectivity index (χ1n) is 3.82. The highest BCUT2D eigenvalue weighted by Crippen LogP contribution is 2.14. The predicted octanol–water partition coefficient (Wildman–Crippen LogP) is 0.578. The van der Waals surface area contributed by atoms with Crippen LogP contribution in [-0.4, -0.2) is 26.7 Å². The van der Waals surface area contributed by atoms with Crippen molar-refractivity contribution in [1.82, 2.24) is 4.57 Å². The molecule has 0 fully saturated rings. The first-order chi connectivity index (χ1) is 6.52. The molecule has 5 heteroatoms. The highest BCUT2D eigenvalue weighted by Gasteiger charge is 2.14. The van der Waals surface area contributed by atoms with Crippen molar-refractivity contribution in [3.05, 3.63) is 30.1 Å². The Labute approximate surface area is 79.9 Å². The normalized spacial score (nSPS) is 11.4. The smallest absolute Gasteiger partial charge is 0.338 e. The molecule has 1 rings (SSSR count). The molecular formula is C9H9NO4. The van der Waals surface area contributed by atoms with Gasteiger partial charge in [-0.1, -0.05) is 0 Å². The van der Waals surface area contributed by atoms with Gasteiger partial charge in [0, 0.05) is 19.3 Å². The lowest BCUT2D eigenvalue weighted by Crippen LogP contribution is -2.06. The number of carboxylic acids is 2. The lowest BCUT2D eigenvalue weighted by atomic mass is 10.2. The van der Waals surface area contributed by atoms with Crippen LogP contribution in [0.2, 0.25) is 0 Å². The summed E-state index contributed by atoms with van der Waals surface area (Å²) in [7, 11) is 1.65. The minimum absolute atomic E-state index is 0.231. The predicted molar refractivity (Wildman–Crippen MR) is 48.7 cm³/mol. The van der Waals surface area contributed by atoms with E-state index in [0.717, 1.165) is 0 Å². The van der Waals surface area contributed by atoms with Gasteiger partial charge in [-0.2, -0.15) is 0 Å². The van der Waals surface area contributed by atoms with Gasteiger partial charge in [-0.25, -0.2) is 9.59 Å². The van der Waals surface area contributed by atoms with Gasteiger partial charge in [0.2, 0.25) is 0 Å². The Bertz CT molecular complexity index is 403. The molecule has 0 spiro atoms. The number of carbonyl (C=O) groups is 2. The van der Waals surface area contributed by atoms with Crippen LogP contribution in [0.3, 0.4) is 0 Å². The van der Waals surface area contributed by atoms with Gasteiger partial charge in [-0.05, 0) is 12.1 Å². The summed E-state index contributed by atoms with van der Waals surface area (Å²) >= 11 is 0. The molecule has 0 radical (unpaired) electrons. The molecule has 0 saturated heterocycles. The second-order valence-corrected chi connectivity index (χ2v) is 2.71. The van der Waals surface area contributed by atoms with Crippen molar-refractivity contribution in [2.24, 2.45) is 7.05 Å². The summed E-state index contributed by atoms with van der Waals surface area (Å²) in [6.45, 7) is 0. The Kier molecular flexibility index (Phi) is 2.71. The molecule has 5 nitrogen and oxygen atoms in total. The van der Waals surface area contributed by atoms with Crippen LogP contribution in [0.1, 0.15) is 5.69 Å². The Morgan fingerprint density at radius 2 is 2.07 bits per heavy atom. The van der Waals surface area contributed by atoms with E-state index in [4.69, 9.17) is 10.2 Å². The van der Waals surface area contributed by atoms with Gasteiger partial charge in [-0.15, -0.1) is 0 Å². The van der Waals surface area contributed by atoms with E-state index in [1.165, 1.54) is 0 Å². The molecule has 0 aromatic carbocycles. The summed E-state index contributed by atoms with van der Waals surface area (Å²) in [5.74, 6) is -2.53. The van der Waals surface area contributed by atoms with Crippen LogP contribution in [-0.2, 0) is 16.6 Å². The first-order valence-corrected chi connectivity index (χ1v) is 3.82. The molecule has 2 N–H and O–H groups in total. The van der Waals surface area contributed by atoms with E-state index in [2.05, 4.69) is 0 Å². The maximum Gasteiger partial charge on any atom is 0.338 e. The Morgan fingerprint density at radius 3 is 2.43 bits per heavy atom. The van der Waals surface area contributed by atoms with Crippen LogP contribution in [0.15, 0.2) is 24.4 Å². The Morgan fingerprint density at radius 1 is 1.43 bits per heavy atom. The molecule has 1 aromatic rings. The molecule has 0 aliphatic heterocycles. The van der Waals surface area contributed by atoms with Gasteiger partial charge in [0.1, 0.15) is 0 Å². The fraction of sp³-hybridized carbons (Fsp3) is 0.111. The van der Waals surface area contributed by atoms with Crippen LogP contribution in [0.25, 0.3) is 5.57 Å². The van der Waals surface area contributed by atoms with Crippen molar-refractivity contribution >= 4 is 17.5 Å². The maximum atomic E-state index is 10.7. The molecule has 0 unspecified atom stereocenters. The van der Waals surface area contributed by atoms with Crippen LogP contribution in [0, 0.1) is 0 Å². The quantitative estimate of drug-likeness (QED) is 0.691. The van der Waals surface area contributed by atoms with Crippen molar-refractivity contribution in [3.8, 4) is 0 Å². The van der Waals surface area contributed by atoms with Crippen LogP contribution < -0.4 is 0 Å². The van der Waals surface area contributed by atoms with Gasteiger partial charge in [0.15, 0.2) is 0 Å². The number of carboxylic acid groups (broad SMARTS) is 2. The molecule has 0 amide bonds. The Hall–Kier alpha value is -2.04. The molecule has 0 bridgehead atoms.